The van der Waals surface area contributed by atoms with Crippen molar-refractivity contribution in [2.24, 2.45) is 0 Å². The number of hydrogen-bond acceptors (Lipinski definition) is 2. The Morgan fingerprint density at radius 3 is 2.75 bits per heavy atom. The number of rotatable bonds is 2. The molecule has 0 aliphatic heterocycles. The van der Waals surface area contributed by atoms with Crippen molar-refractivity contribution < 1.29 is 10.2 Å². The average Bonchev–Trinajstić information content (AvgIpc) is 2.07. The fraction of sp³-hybridized carbons (Fsp3) is 0.111. The summed E-state index contributed by atoms with van der Waals surface area (Å²) in [5.74, 6) is 0.219. The molecule has 2 nitrogen and oxygen atoms in total. The quantitative estimate of drug-likeness (QED) is 0.815. The van der Waals surface area contributed by atoms with Crippen LogP contribution in [0.2, 0.25) is 0 Å². The van der Waals surface area contributed by atoms with E-state index in [2.05, 4.69) is 15.9 Å². The molecule has 0 saturated carbocycles. The molecule has 0 atom stereocenters. The van der Waals surface area contributed by atoms with Gasteiger partial charge in [0.1, 0.15) is 5.75 Å². The third kappa shape index (κ3) is 2.36. The second-order valence-corrected chi connectivity index (χ2v) is 3.15. The Labute approximate surface area is 79.3 Å². The highest BCUT2D eigenvalue weighted by atomic mass is 79.9. The van der Waals surface area contributed by atoms with Crippen LogP contribution in [0.3, 0.4) is 0 Å². The monoisotopic (exact) mass is 228 g/mol. The maximum atomic E-state index is 9.15. The lowest BCUT2D eigenvalue weighted by atomic mass is 10.2. The van der Waals surface area contributed by atoms with E-state index in [1.807, 2.05) is 0 Å². The van der Waals surface area contributed by atoms with Gasteiger partial charge < -0.3 is 10.2 Å². The zero-order chi connectivity index (χ0) is 8.97. The summed E-state index contributed by atoms with van der Waals surface area (Å²) in [6.45, 7) is 0.0263. The molecule has 12 heavy (non-hydrogen) atoms. The number of phenolic OH excluding ortho intramolecular Hbond substituents is 1. The average molecular weight is 229 g/mol. The van der Waals surface area contributed by atoms with Crippen LogP contribution in [0, 0.1) is 0 Å². The van der Waals surface area contributed by atoms with Gasteiger partial charge in [-0.3, -0.25) is 0 Å². The van der Waals surface area contributed by atoms with E-state index >= 15 is 0 Å². The molecule has 1 rings (SSSR count). The maximum absolute atomic E-state index is 9.15. The van der Waals surface area contributed by atoms with E-state index in [-0.39, 0.29) is 12.4 Å². The number of aliphatic hydroxyl groups is 1. The number of aliphatic hydroxyl groups excluding tert-OH is 1. The Bertz CT molecular complexity index is 295. The van der Waals surface area contributed by atoms with Crippen LogP contribution in [-0.4, -0.2) is 16.8 Å². The van der Waals surface area contributed by atoms with E-state index in [1.165, 1.54) is 0 Å². The minimum Gasteiger partial charge on any atom is -0.507 e. The molecule has 0 bridgehead atoms. The lowest BCUT2D eigenvalue weighted by Gasteiger charge is -1.97. The van der Waals surface area contributed by atoms with Crippen molar-refractivity contribution in [2.75, 3.05) is 6.61 Å². The summed E-state index contributed by atoms with van der Waals surface area (Å²) < 4.78 is 0.655. The van der Waals surface area contributed by atoms with E-state index in [1.54, 1.807) is 30.4 Å². The van der Waals surface area contributed by atoms with Gasteiger partial charge in [-0.1, -0.05) is 18.2 Å². The molecule has 0 fully saturated rings. The fourth-order valence-electron chi connectivity index (χ4n) is 0.816. The molecule has 0 aromatic heterocycles. The fourth-order valence-corrected chi connectivity index (χ4v) is 1.21. The molecule has 64 valence electrons. The summed E-state index contributed by atoms with van der Waals surface area (Å²) >= 11 is 3.19. The van der Waals surface area contributed by atoms with Crippen LogP contribution in [0.15, 0.2) is 28.7 Å². The van der Waals surface area contributed by atoms with Crippen molar-refractivity contribution in [1.82, 2.24) is 0 Å². The highest BCUT2D eigenvalue weighted by molar-refractivity contribution is 9.10. The van der Waals surface area contributed by atoms with Gasteiger partial charge in [0.25, 0.3) is 0 Å². The van der Waals surface area contributed by atoms with E-state index in [0.29, 0.717) is 4.47 Å². The Hall–Kier alpha value is -0.800. The molecule has 2 N–H and O–H groups in total. The lowest BCUT2D eigenvalue weighted by Crippen LogP contribution is -1.75. The summed E-state index contributed by atoms with van der Waals surface area (Å²) in [4.78, 5) is 0. The Balaban J connectivity index is 2.89. The first kappa shape index (κ1) is 9.29. The van der Waals surface area contributed by atoms with Crippen molar-refractivity contribution in [2.45, 2.75) is 0 Å². The summed E-state index contributed by atoms with van der Waals surface area (Å²) in [5, 5.41) is 17.7. The van der Waals surface area contributed by atoms with Gasteiger partial charge in [-0.25, -0.2) is 0 Å². The second-order valence-electron chi connectivity index (χ2n) is 2.30. The predicted octanol–water partition coefficient (Wildman–Crippen LogP) is 2.16. The van der Waals surface area contributed by atoms with E-state index in [4.69, 9.17) is 10.2 Å². The van der Waals surface area contributed by atoms with Crippen molar-refractivity contribution in [1.29, 1.82) is 0 Å². The molecular formula is C9H9BrO2. The van der Waals surface area contributed by atoms with Crippen LogP contribution >= 0.6 is 15.9 Å². The van der Waals surface area contributed by atoms with Gasteiger partial charge >= 0.3 is 0 Å². The van der Waals surface area contributed by atoms with Crippen LogP contribution in [0.1, 0.15) is 5.56 Å². The minimum atomic E-state index is 0.0263. The van der Waals surface area contributed by atoms with Gasteiger partial charge in [0, 0.05) is 0 Å². The van der Waals surface area contributed by atoms with Gasteiger partial charge in [-0.05, 0) is 33.6 Å². The van der Waals surface area contributed by atoms with E-state index in [0.717, 1.165) is 5.56 Å². The minimum absolute atomic E-state index is 0.0263. The maximum Gasteiger partial charge on any atom is 0.129 e. The molecule has 1 aromatic carbocycles. The molecule has 0 saturated heterocycles. The van der Waals surface area contributed by atoms with Crippen molar-refractivity contribution in [3.8, 4) is 5.75 Å². The smallest absolute Gasteiger partial charge is 0.129 e. The number of hydrogen-bond donors (Lipinski definition) is 2. The number of phenols is 1. The molecule has 0 unspecified atom stereocenters. The SMILES string of the molecule is OC/C=C/c1ccc(O)c(Br)c1. The number of benzene rings is 1. The van der Waals surface area contributed by atoms with Crippen LogP contribution in [-0.2, 0) is 0 Å². The predicted molar refractivity (Wildman–Crippen MR) is 51.9 cm³/mol. The summed E-state index contributed by atoms with van der Waals surface area (Å²) in [6, 6.07) is 5.15. The molecule has 0 heterocycles. The van der Waals surface area contributed by atoms with Crippen molar-refractivity contribution >= 4 is 22.0 Å². The Morgan fingerprint density at radius 2 is 2.17 bits per heavy atom. The van der Waals surface area contributed by atoms with Gasteiger partial charge in [0.15, 0.2) is 0 Å². The molecule has 0 aliphatic rings. The molecule has 3 heteroatoms. The summed E-state index contributed by atoms with van der Waals surface area (Å²) in [7, 11) is 0. The first-order chi connectivity index (χ1) is 5.74. The molecule has 1 aromatic rings. The van der Waals surface area contributed by atoms with Crippen LogP contribution < -0.4 is 0 Å². The van der Waals surface area contributed by atoms with E-state index in [9.17, 15) is 0 Å². The van der Waals surface area contributed by atoms with Gasteiger partial charge in [0.2, 0.25) is 0 Å². The highest BCUT2D eigenvalue weighted by Crippen LogP contribution is 2.24. The first-order valence-electron chi connectivity index (χ1n) is 3.50. The van der Waals surface area contributed by atoms with Crippen molar-refractivity contribution in [3.05, 3.63) is 34.3 Å². The molecular weight excluding hydrogens is 220 g/mol. The van der Waals surface area contributed by atoms with Crippen LogP contribution in [0.25, 0.3) is 6.08 Å². The van der Waals surface area contributed by atoms with E-state index < -0.39 is 0 Å². The molecule has 0 amide bonds. The topological polar surface area (TPSA) is 40.5 Å². The standard InChI is InChI=1S/C9H9BrO2/c10-8-6-7(2-1-5-11)3-4-9(8)12/h1-4,6,11-12H,5H2/b2-1+. The number of halogens is 1. The zero-order valence-corrected chi connectivity index (χ0v) is 7.95. The Morgan fingerprint density at radius 1 is 1.42 bits per heavy atom. The molecule has 0 radical (unpaired) electrons. The normalized spacial score (nSPS) is 10.8. The molecule has 0 spiro atoms. The van der Waals surface area contributed by atoms with Gasteiger partial charge in [0.05, 0.1) is 11.1 Å². The van der Waals surface area contributed by atoms with Crippen LogP contribution in [0.5, 0.6) is 5.75 Å². The Kier molecular flexibility index (Phi) is 3.31. The molecule has 0 aliphatic carbocycles. The first-order valence-corrected chi connectivity index (χ1v) is 4.29. The highest BCUT2D eigenvalue weighted by Gasteiger charge is 1.95. The van der Waals surface area contributed by atoms with Crippen LogP contribution in [0.4, 0.5) is 0 Å². The third-order valence-electron chi connectivity index (χ3n) is 1.39. The van der Waals surface area contributed by atoms with Crippen molar-refractivity contribution in [3.63, 3.8) is 0 Å². The third-order valence-corrected chi connectivity index (χ3v) is 2.02. The lowest BCUT2D eigenvalue weighted by molar-refractivity contribution is 0.343. The zero-order valence-electron chi connectivity index (χ0n) is 6.37. The largest absolute Gasteiger partial charge is 0.507 e. The van der Waals surface area contributed by atoms with Gasteiger partial charge in [-0.15, -0.1) is 0 Å². The summed E-state index contributed by atoms with van der Waals surface area (Å²) in [6.07, 6.45) is 3.42. The van der Waals surface area contributed by atoms with Gasteiger partial charge in [-0.2, -0.15) is 0 Å². The number of aromatic hydroxyl groups is 1. The summed E-state index contributed by atoms with van der Waals surface area (Å²) in [5.41, 5.74) is 0.939. The second kappa shape index (κ2) is 4.28.